The summed E-state index contributed by atoms with van der Waals surface area (Å²) >= 11 is 0. The van der Waals surface area contributed by atoms with E-state index in [1.54, 1.807) is 6.21 Å². The van der Waals surface area contributed by atoms with Crippen LogP contribution < -0.4 is 5.43 Å². The van der Waals surface area contributed by atoms with Crippen LogP contribution in [0.25, 0.3) is 0 Å². The van der Waals surface area contributed by atoms with Gasteiger partial charge in [0.05, 0.1) is 18.5 Å². The molecule has 0 aliphatic rings. The normalized spacial score (nSPS) is 11.0. The third kappa shape index (κ3) is 4.03. The summed E-state index contributed by atoms with van der Waals surface area (Å²) in [5.74, 6) is -0.782. The van der Waals surface area contributed by atoms with Gasteiger partial charge in [0.15, 0.2) is 0 Å². The van der Waals surface area contributed by atoms with Gasteiger partial charge < -0.3 is 0 Å². The van der Waals surface area contributed by atoms with Crippen molar-refractivity contribution in [1.29, 1.82) is 0 Å². The van der Waals surface area contributed by atoms with E-state index in [0.717, 1.165) is 22.5 Å². The Labute approximate surface area is 151 Å². The minimum absolute atomic E-state index is 0.344. The molecule has 1 aromatic heterocycles. The topological polar surface area (TPSA) is 59.3 Å². The third-order valence-electron chi connectivity index (χ3n) is 4.08. The van der Waals surface area contributed by atoms with Crippen LogP contribution in [0.2, 0.25) is 0 Å². The van der Waals surface area contributed by atoms with Crippen molar-refractivity contribution in [1.82, 2.24) is 15.2 Å². The number of carbonyl (C=O) groups excluding carboxylic acids is 1. The monoisotopic (exact) mass is 350 g/mol. The molecule has 1 amide bonds. The van der Waals surface area contributed by atoms with Crippen LogP contribution in [0, 0.1) is 19.7 Å². The quantitative estimate of drug-likeness (QED) is 0.566. The molecule has 3 aromatic rings. The first-order chi connectivity index (χ1) is 12.5. The average molecular weight is 350 g/mol. The first-order valence-corrected chi connectivity index (χ1v) is 8.21. The van der Waals surface area contributed by atoms with Crippen LogP contribution in [-0.2, 0) is 6.54 Å². The molecule has 0 fully saturated rings. The lowest BCUT2D eigenvalue weighted by Crippen LogP contribution is -2.17. The number of rotatable bonds is 5. The second-order valence-electron chi connectivity index (χ2n) is 5.93. The van der Waals surface area contributed by atoms with E-state index in [4.69, 9.17) is 0 Å². The molecular weight excluding hydrogens is 331 g/mol. The number of carbonyl (C=O) groups is 1. The number of amides is 1. The van der Waals surface area contributed by atoms with Gasteiger partial charge in [0.2, 0.25) is 0 Å². The molecular formula is C20H19FN4O. The summed E-state index contributed by atoms with van der Waals surface area (Å²) in [6.45, 7) is 4.53. The molecule has 3 rings (SSSR count). The van der Waals surface area contributed by atoms with E-state index in [2.05, 4.69) is 15.6 Å². The lowest BCUT2D eigenvalue weighted by molar-refractivity contribution is 0.0955. The highest BCUT2D eigenvalue weighted by Crippen LogP contribution is 2.13. The van der Waals surface area contributed by atoms with E-state index in [-0.39, 0.29) is 5.82 Å². The molecule has 5 nitrogen and oxygen atoms in total. The average Bonchev–Trinajstić information content (AvgIpc) is 2.90. The van der Waals surface area contributed by atoms with Gasteiger partial charge in [-0.05, 0) is 43.7 Å². The Balaban J connectivity index is 1.70. The van der Waals surface area contributed by atoms with Gasteiger partial charge in [0.25, 0.3) is 5.91 Å². The fourth-order valence-electron chi connectivity index (χ4n) is 2.63. The molecule has 26 heavy (non-hydrogen) atoms. The number of aryl methyl sites for hydroxylation is 1. The van der Waals surface area contributed by atoms with Crippen molar-refractivity contribution < 1.29 is 9.18 Å². The first kappa shape index (κ1) is 17.5. The Morgan fingerprint density at radius 3 is 2.54 bits per heavy atom. The molecule has 2 aromatic carbocycles. The van der Waals surface area contributed by atoms with Crippen LogP contribution >= 0.6 is 0 Å². The van der Waals surface area contributed by atoms with Crippen molar-refractivity contribution in [2.45, 2.75) is 20.4 Å². The Morgan fingerprint density at radius 1 is 1.15 bits per heavy atom. The van der Waals surface area contributed by atoms with E-state index >= 15 is 0 Å². The standard InChI is InChI=1S/C20H19FN4O/c1-14-19(12-22-23-20(26)17-8-10-18(21)11-9-17)15(2)25(24-14)13-16-6-4-3-5-7-16/h3-12H,13H2,1-2H3,(H,23,26)/b22-12-. The van der Waals surface area contributed by atoms with E-state index in [9.17, 15) is 9.18 Å². The largest absolute Gasteiger partial charge is 0.271 e. The van der Waals surface area contributed by atoms with Crippen LogP contribution in [-0.4, -0.2) is 21.9 Å². The Morgan fingerprint density at radius 2 is 1.85 bits per heavy atom. The number of nitrogens with one attached hydrogen (secondary N) is 1. The van der Waals surface area contributed by atoms with Crippen LogP contribution in [0.4, 0.5) is 4.39 Å². The summed E-state index contributed by atoms with van der Waals surface area (Å²) in [5, 5.41) is 8.55. The number of nitrogens with zero attached hydrogens (tertiary/aromatic N) is 3. The van der Waals surface area contributed by atoms with Crippen LogP contribution in [0.1, 0.15) is 32.9 Å². The lowest BCUT2D eigenvalue weighted by Gasteiger charge is -2.04. The Bertz CT molecular complexity index is 930. The number of benzene rings is 2. The molecule has 132 valence electrons. The van der Waals surface area contributed by atoms with Gasteiger partial charge >= 0.3 is 0 Å². The van der Waals surface area contributed by atoms with Gasteiger partial charge in [-0.2, -0.15) is 10.2 Å². The SMILES string of the molecule is Cc1nn(Cc2ccccc2)c(C)c1/C=N\NC(=O)c1ccc(F)cc1. The lowest BCUT2D eigenvalue weighted by atomic mass is 10.2. The van der Waals surface area contributed by atoms with Crippen molar-refractivity contribution in [2.24, 2.45) is 5.10 Å². The summed E-state index contributed by atoms with van der Waals surface area (Å²) in [7, 11) is 0. The fourth-order valence-corrected chi connectivity index (χ4v) is 2.63. The van der Waals surface area contributed by atoms with Crippen LogP contribution in [0.5, 0.6) is 0 Å². The van der Waals surface area contributed by atoms with Gasteiger partial charge in [0, 0.05) is 16.8 Å². The van der Waals surface area contributed by atoms with E-state index in [1.165, 1.54) is 24.3 Å². The van der Waals surface area contributed by atoms with Crippen molar-refractivity contribution in [3.8, 4) is 0 Å². The zero-order valence-electron chi connectivity index (χ0n) is 14.6. The maximum absolute atomic E-state index is 12.9. The number of hydrogen-bond donors (Lipinski definition) is 1. The van der Waals surface area contributed by atoms with E-state index < -0.39 is 5.91 Å². The zero-order valence-corrected chi connectivity index (χ0v) is 14.6. The maximum Gasteiger partial charge on any atom is 0.271 e. The molecule has 0 spiro atoms. The number of halogens is 1. The fraction of sp³-hybridized carbons (Fsp3) is 0.150. The Hall–Kier alpha value is -3.28. The highest BCUT2D eigenvalue weighted by Gasteiger charge is 2.10. The molecule has 0 radical (unpaired) electrons. The summed E-state index contributed by atoms with van der Waals surface area (Å²) < 4.78 is 14.8. The van der Waals surface area contributed by atoms with Crippen LogP contribution in [0.3, 0.4) is 0 Å². The second-order valence-corrected chi connectivity index (χ2v) is 5.93. The third-order valence-corrected chi connectivity index (χ3v) is 4.08. The summed E-state index contributed by atoms with van der Waals surface area (Å²) in [4.78, 5) is 12.0. The summed E-state index contributed by atoms with van der Waals surface area (Å²) in [5.41, 5.74) is 6.61. The zero-order chi connectivity index (χ0) is 18.5. The molecule has 0 aliphatic carbocycles. The highest BCUT2D eigenvalue weighted by atomic mass is 19.1. The van der Waals surface area contributed by atoms with Crippen molar-refractivity contribution >= 4 is 12.1 Å². The predicted octanol–water partition coefficient (Wildman–Crippen LogP) is 3.45. The molecule has 0 unspecified atom stereocenters. The van der Waals surface area contributed by atoms with Crippen molar-refractivity contribution in [2.75, 3.05) is 0 Å². The van der Waals surface area contributed by atoms with E-state index in [0.29, 0.717) is 12.1 Å². The van der Waals surface area contributed by atoms with Gasteiger partial charge in [-0.15, -0.1) is 0 Å². The van der Waals surface area contributed by atoms with Gasteiger partial charge in [-0.1, -0.05) is 30.3 Å². The highest BCUT2D eigenvalue weighted by molar-refractivity contribution is 5.95. The number of aromatic nitrogens is 2. The molecule has 0 saturated heterocycles. The van der Waals surface area contributed by atoms with E-state index in [1.807, 2.05) is 48.9 Å². The number of hydrazone groups is 1. The summed E-state index contributed by atoms with van der Waals surface area (Å²) in [6, 6.07) is 15.4. The maximum atomic E-state index is 12.9. The molecule has 1 heterocycles. The first-order valence-electron chi connectivity index (χ1n) is 8.21. The molecule has 0 saturated carbocycles. The van der Waals surface area contributed by atoms with Gasteiger partial charge in [-0.25, -0.2) is 9.82 Å². The minimum Gasteiger partial charge on any atom is -0.267 e. The molecule has 1 N–H and O–H groups in total. The predicted molar refractivity (Wildman–Crippen MR) is 98.7 cm³/mol. The van der Waals surface area contributed by atoms with Crippen LogP contribution in [0.15, 0.2) is 59.7 Å². The number of hydrogen-bond acceptors (Lipinski definition) is 3. The van der Waals surface area contributed by atoms with Gasteiger partial charge in [0.1, 0.15) is 5.82 Å². The van der Waals surface area contributed by atoms with Crippen molar-refractivity contribution in [3.05, 3.63) is 88.5 Å². The molecule has 0 atom stereocenters. The minimum atomic E-state index is -0.395. The van der Waals surface area contributed by atoms with Crippen molar-refractivity contribution in [3.63, 3.8) is 0 Å². The Kier molecular flexibility index (Phi) is 5.22. The molecule has 0 bridgehead atoms. The molecule has 0 aliphatic heterocycles. The van der Waals surface area contributed by atoms with Gasteiger partial charge in [-0.3, -0.25) is 9.48 Å². The smallest absolute Gasteiger partial charge is 0.267 e. The molecule has 6 heteroatoms. The summed E-state index contributed by atoms with van der Waals surface area (Å²) in [6.07, 6.45) is 1.58. The second kappa shape index (κ2) is 7.74.